The number of hydrogen-bond acceptors (Lipinski definition) is 3. The summed E-state index contributed by atoms with van der Waals surface area (Å²) < 4.78 is 7.86. The zero-order valence-electron chi connectivity index (χ0n) is 16.1. The van der Waals surface area contributed by atoms with Gasteiger partial charge in [0, 0.05) is 30.3 Å². The second kappa shape index (κ2) is 8.02. The zero-order chi connectivity index (χ0) is 19.5. The molecule has 1 fully saturated rings. The van der Waals surface area contributed by atoms with E-state index in [4.69, 9.17) is 17.0 Å². The van der Waals surface area contributed by atoms with Gasteiger partial charge in [0.2, 0.25) is 0 Å². The number of nitrogens with one attached hydrogen (secondary N) is 1. The van der Waals surface area contributed by atoms with Crippen molar-refractivity contribution in [2.24, 2.45) is 0 Å². The van der Waals surface area contributed by atoms with Crippen molar-refractivity contribution >= 4 is 23.0 Å². The van der Waals surface area contributed by atoms with Crippen molar-refractivity contribution in [3.8, 4) is 5.75 Å². The lowest BCUT2D eigenvalue weighted by molar-refractivity contribution is 0.340. The van der Waals surface area contributed by atoms with Gasteiger partial charge < -0.3 is 19.5 Å². The van der Waals surface area contributed by atoms with E-state index in [1.54, 1.807) is 0 Å². The maximum absolute atomic E-state index is 5.76. The number of anilines is 1. The molecule has 4 rings (SSSR count). The monoisotopic (exact) mass is 392 g/mol. The molecule has 28 heavy (non-hydrogen) atoms. The van der Waals surface area contributed by atoms with Crippen LogP contribution >= 0.6 is 12.2 Å². The highest BCUT2D eigenvalue weighted by Gasteiger charge is 2.41. The predicted molar refractivity (Wildman–Crippen MR) is 116 cm³/mol. The molecule has 144 valence electrons. The molecule has 0 aliphatic carbocycles. The van der Waals surface area contributed by atoms with Crippen molar-refractivity contribution in [2.45, 2.75) is 32.5 Å². The van der Waals surface area contributed by atoms with E-state index < -0.39 is 0 Å². The van der Waals surface area contributed by atoms with Crippen LogP contribution < -0.4 is 15.0 Å². The van der Waals surface area contributed by atoms with Gasteiger partial charge in [-0.05, 0) is 74.6 Å². The second-order valence-corrected chi connectivity index (χ2v) is 7.03. The van der Waals surface area contributed by atoms with Crippen molar-refractivity contribution < 1.29 is 4.74 Å². The third-order valence-corrected chi connectivity index (χ3v) is 5.35. The van der Waals surface area contributed by atoms with Crippen LogP contribution in [-0.2, 0) is 6.54 Å². The number of benzene rings is 1. The Kier molecular flexibility index (Phi) is 5.30. The first kappa shape index (κ1) is 18.5. The summed E-state index contributed by atoms with van der Waals surface area (Å²) >= 11 is 5.76. The van der Waals surface area contributed by atoms with Crippen LogP contribution in [0.1, 0.15) is 37.3 Å². The quantitative estimate of drug-likeness (QED) is 0.627. The molecule has 6 heteroatoms. The molecular weight excluding hydrogens is 368 g/mol. The summed E-state index contributed by atoms with van der Waals surface area (Å²) in [4.78, 5) is 6.79. The highest BCUT2D eigenvalue weighted by molar-refractivity contribution is 7.80. The Morgan fingerprint density at radius 3 is 2.57 bits per heavy atom. The number of aromatic nitrogens is 2. The van der Waals surface area contributed by atoms with Gasteiger partial charge in [-0.1, -0.05) is 6.07 Å². The molecule has 0 radical (unpaired) electrons. The molecule has 0 saturated carbocycles. The normalized spacial score (nSPS) is 18.9. The molecule has 2 atom stereocenters. The van der Waals surface area contributed by atoms with Crippen LogP contribution in [0.4, 0.5) is 5.69 Å². The molecule has 3 aromatic rings. The van der Waals surface area contributed by atoms with Crippen molar-refractivity contribution in [1.82, 2.24) is 14.9 Å². The van der Waals surface area contributed by atoms with Gasteiger partial charge in [-0.15, -0.1) is 0 Å². The fourth-order valence-corrected chi connectivity index (χ4v) is 4.13. The lowest BCUT2D eigenvalue weighted by Gasteiger charge is -2.29. The van der Waals surface area contributed by atoms with Gasteiger partial charge in [-0.3, -0.25) is 4.98 Å². The number of hydrogen-bond donors (Lipinski definition) is 1. The molecule has 0 bridgehead atoms. The minimum atomic E-state index is -0.0273. The number of nitrogens with zero attached hydrogens (tertiary/aromatic N) is 3. The molecular formula is C22H24N4OS. The van der Waals surface area contributed by atoms with Crippen molar-refractivity contribution in [3.05, 3.63) is 78.4 Å². The van der Waals surface area contributed by atoms with E-state index in [1.165, 1.54) is 5.69 Å². The van der Waals surface area contributed by atoms with Crippen molar-refractivity contribution in [2.75, 3.05) is 11.5 Å². The summed E-state index contributed by atoms with van der Waals surface area (Å²) in [7, 11) is 0. The van der Waals surface area contributed by atoms with Crippen LogP contribution in [0.25, 0.3) is 0 Å². The molecule has 0 spiro atoms. The second-order valence-electron chi connectivity index (χ2n) is 6.64. The number of rotatable bonds is 6. The summed E-state index contributed by atoms with van der Waals surface area (Å²) in [5.41, 5.74) is 3.22. The average molecular weight is 393 g/mol. The van der Waals surface area contributed by atoms with Gasteiger partial charge in [-0.25, -0.2) is 0 Å². The lowest BCUT2D eigenvalue weighted by atomic mass is 10.0. The van der Waals surface area contributed by atoms with E-state index in [0.29, 0.717) is 11.7 Å². The van der Waals surface area contributed by atoms with Crippen molar-refractivity contribution in [3.63, 3.8) is 0 Å². The molecule has 1 aromatic carbocycles. The fourth-order valence-electron chi connectivity index (χ4n) is 3.79. The van der Waals surface area contributed by atoms with Gasteiger partial charge in [0.25, 0.3) is 0 Å². The number of thiocarbonyl (C=S) groups is 1. The molecule has 1 aliphatic rings. The van der Waals surface area contributed by atoms with Crippen LogP contribution in [0.5, 0.6) is 5.75 Å². The van der Waals surface area contributed by atoms with Crippen LogP contribution in [0.15, 0.2) is 67.0 Å². The smallest absolute Gasteiger partial charge is 0.174 e. The average Bonchev–Trinajstić information content (AvgIpc) is 3.33. The van der Waals surface area contributed by atoms with Gasteiger partial charge >= 0.3 is 0 Å². The lowest BCUT2D eigenvalue weighted by Crippen LogP contribution is -2.30. The number of pyridine rings is 1. The summed E-state index contributed by atoms with van der Waals surface area (Å²) in [5.74, 6) is 0.860. The third-order valence-electron chi connectivity index (χ3n) is 5.03. The standard InChI is InChI=1S/C22H24N4OS/c1-3-25-15-7-9-19(25)21-20(18-8-5-6-14-23-18)24-22(28)26(21)16-10-12-17(13-11-16)27-4-2/h5-15,20-21H,3-4H2,1-2H3,(H,24,28)/t20-,21+/m0/s1. The van der Waals surface area contributed by atoms with Gasteiger partial charge in [0.05, 0.1) is 18.3 Å². The minimum Gasteiger partial charge on any atom is -0.494 e. The van der Waals surface area contributed by atoms with Crippen LogP contribution in [0.3, 0.4) is 0 Å². The van der Waals surface area contributed by atoms with E-state index in [2.05, 4.69) is 57.2 Å². The van der Waals surface area contributed by atoms with E-state index in [0.717, 1.165) is 23.7 Å². The SMILES string of the molecule is CCOc1ccc(N2C(=S)N[C@@H](c3ccccn3)[C@H]2c2cccn2CC)cc1. The summed E-state index contributed by atoms with van der Waals surface area (Å²) in [5, 5.41) is 4.20. The minimum absolute atomic E-state index is 0.00953. The number of aryl methyl sites for hydroxylation is 1. The summed E-state index contributed by atoms with van der Waals surface area (Å²) in [6, 6.07) is 18.3. The van der Waals surface area contributed by atoms with Crippen LogP contribution in [-0.4, -0.2) is 21.3 Å². The molecule has 1 aliphatic heterocycles. The zero-order valence-corrected chi connectivity index (χ0v) is 16.9. The molecule has 2 aromatic heterocycles. The van der Waals surface area contributed by atoms with Crippen LogP contribution in [0, 0.1) is 0 Å². The Morgan fingerprint density at radius 2 is 1.89 bits per heavy atom. The Labute approximate surface area is 171 Å². The van der Waals surface area contributed by atoms with Crippen molar-refractivity contribution in [1.29, 1.82) is 0 Å². The summed E-state index contributed by atoms with van der Waals surface area (Å²) in [6.07, 6.45) is 3.94. The Bertz CT molecular complexity index is 939. The van der Waals surface area contributed by atoms with Gasteiger partial charge in [0.1, 0.15) is 11.8 Å². The van der Waals surface area contributed by atoms with E-state index in [-0.39, 0.29) is 12.1 Å². The molecule has 1 N–H and O–H groups in total. The topological polar surface area (TPSA) is 42.3 Å². The number of ether oxygens (including phenoxy) is 1. The highest BCUT2D eigenvalue weighted by Crippen LogP contribution is 2.41. The first-order valence-electron chi connectivity index (χ1n) is 9.61. The predicted octanol–water partition coefficient (Wildman–Crippen LogP) is 4.48. The highest BCUT2D eigenvalue weighted by atomic mass is 32.1. The Hall–Kier alpha value is -2.86. The largest absolute Gasteiger partial charge is 0.494 e. The first-order valence-corrected chi connectivity index (χ1v) is 10.0. The first-order chi connectivity index (χ1) is 13.7. The van der Waals surface area contributed by atoms with E-state index >= 15 is 0 Å². The molecule has 3 heterocycles. The Morgan fingerprint density at radius 1 is 1.07 bits per heavy atom. The molecule has 0 unspecified atom stereocenters. The maximum atomic E-state index is 5.76. The fraction of sp³-hybridized carbons (Fsp3) is 0.273. The van der Waals surface area contributed by atoms with Gasteiger partial charge in [0.15, 0.2) is 5.11 Å². The van der Waals surface area contributed by atoms with Crippen LogP contribution in [0.2, 0.25) is 0 Å². The summed E-state index contributed by atoms with van der Waals surface area (Å²) in [6.45, 7) is 5.69. The maximum Gasteiger partial charge on any atom is 0.174 e. The van der Waals surface area contributed by atoms with E-state index in [1.807, 2.05) is 43.5 Å². The molecule has 0 amide bonds. The third kappa shape index (κ3) is 3.36. The van der Waals surface area contributed by atoms with E-state index in [9.17, 15) is 0 Å². The van der Waals surface area contributed by atoms with Gasteiger partial charge in [-0.2, -0.15) is 0 Å². The molecule has 5 nitrogen and oxygen atoms in total. The Balaban J connectivity index is 1.78. The molecule has 1 saturated heterocycles.